The van der Waals surface area contributed by atoms with Crippen LogP contribution >= 0.6 is 23.1 Å². The van der Waals surface area contributed by atoms with Crippen LogP contribution in [0.15, 0.2) is 46.8 Å². The molecule has 9 heteroatoms. The largest absolute Gasteiger partial charge is 0.330 e. The van der Waals surface area contributed by atoms with Crippen molar-refractivity contribution in [2.75, 3.05) is 27.8 Å². The van der Waals surface area contributed by atoms with Gasteiger partial charge >= 0.3 is 0 Å². The summed E-state index contributed by atoms with van der Waals surface area (Å²) in [6, 6.07) is 13.4. The van der Waals surface area contributed by atoms with Crippen LogP contribution in [0.5, 0.6) is 0 Å². The first kappa shape index (κ1) is 19.4. The van der Waals surface area contributed by atoms with Crippen LogP contribution in [-0.4, -0.2) is 34.3 Å². The van der Waals surface area contributed by atoms with Gasteiger partial charge in [-0.25, -0.2) is 0 Å². The third-order valence-electron chi connectivity index (χ3n) is 4.56. The number of anilines is 4. The number of para-hydroxylation sites is 2. The number of carbonyl (C=O) groups excluding carboxylic acids is 2. The van der Waals surface area contributed by atoms with E-state index in [-0.39, 0.29) is 24.1 Å². The highest BCUT2D eigenvalue weighted by molar-refractivity contribution is 8.01. The van der Waals surface area contributed by atoms with Crippen molar-refractivity contribution in [2.45, 2.75) is 18.2 Å². The van der Waals surface area contributed by atoms with Gasteiger partial charge in [-0.2, -0.15) is 0 Å². The van der Waals surface area contributed by atoms with Gasteiger partial charge in [0.25, 0.3) is 0 Å². The van der Waals surface area contributed by atoms with E-state index in [2.05, 4.69) is 46.8 Å². The monoisotopic (exact) mass is 425 g/mol. The van der Waals surface area contributed by atoms with E-state index in [1.165, 1.54) is 39.1 Å². The Labute approximate surface area is 176 Å². The van der Waals surface area contributed by atoms with Crippen LogP contribution in [0.25, 0.3) is 0 Å². The van der Waals surface area contributed by atoms with Crippen molar-refractivity contribution in [3.63, 3.8) is 0 Å². The summed E-state index contributed by atoms with van der Waals surface area (Å²) in [6.07, 6.45) is 0. The van der Waals surface area contributed by atoms with Crippen LogP contribution in [0, 0.1) is 13.8 Å². The molecule has 29 heavy (non-hydrogen) atoms. The molecule has 0 bridgehead atoms. The van der Waals surface area contributed by atoms with Gasteiger partial charge in [-0.3, -0.25) is 9.59 Å². The molecule has 0 radical (unpaired) electrons. The molecule has 2 N–H and O–H groups in total. The quantitative estimate of drug-likeness (QED) is 0.602. The Morgan fingerprint density at radius 2 is 2.03 bits per heavy atom. The molecule has 2 heterocycles. The van der Waals surface area contributed by atoms with Crippen LogP contribution in [0.2, 0.25) is 0 Å². The van der Waals surface area contributed by atoms with Crippen LogP contribution < -0.4 is 15.5 Å². The number of amides is 2. The fourth-order valence-corrected chi connectivity index (χ4v) is 4.57. The summed E-state index contributed by atoms with van der Waals surface area (Å²) in [4.78, 5) is 26.1. The summed E-state index contributed by atoms with van der Waals surface area (Å²) in [5.74, 6) is -0.158. The smallest absolute Gasteiger partial charge is 0.244 e. The minimum atomic E-state index is -0.196. The number of rotatable bonds is 5. The van der Waals surface area contributed by atoms with Gasteiger partial charge in [-0.15, -0.1) is 10.2 Å². The Morgan fingerprint density at radius 1 is 1.21 bits per heavy atom. The predicted octanol–water partition coefficient (Wildman–Crippen LogP) is 3.98. The zero-order valence-electron chi connectivity index (χ0n) is 15.9. The Hall–Kier alpha value is -2.91. The molecule has 0 spiro atoms. The molecule has 3 aromatic rings. The first-order valence-electron chi connectivity index (χ1n) is 8.99. The van der Waals surface area contributed by atoms with Crippen molar-refractivity contribution in [1.82, 2.24) is 10.2 Å². The molecular weight excluding hydrogens is 406 g/mol. The Morgan fingerprint density at radius 3 is 2.86 bits per heavy atom. The van der Waals surface area contributed by atoms with E-state index >= 15 is 0 Å². The summed E-state index contributed by atoms with van der Waals surface area (Å²) in [5, 5.41) is 15.0. The van der Waals surface area contributed by atoms with E-state index in [1.807, 2.05) is 24.3 Å². The molecule has 4 rings (SSSR count). The summed E-state index contributed by atoms with van der Waals surface area (Å²) in [5.41, 5.74) is 4.75. The Balaban J connectivity index is 1.39. The van der Waals surface area contributed by atoms with Crippen molar-refractivity contribution in [3.05, 3.63) is 53.6 Å². The third kappa shape index (κ3) is 4.41. The molecule has 0 saturated carbocycles. The number of nitrogens with zero attached hydrogens (tertiary/aromatic N) is 3. The van der Waals surface area contributed by atoms with Gasteiger partial charge in [0.1, 0.15) is 6.54 Å². The van der Waals surface area contributed by atoms with E-state index in [4.69, 9.17) is 0 Å². The number of aromatic nitrogens is 2. The van der Waals surface area contributed by atoms with Gasteiger partial charge in [0.2, 0.25) is 16.9 Å². The average Bonchev–Trinajstić information content (AvgIpc) is 3.15. The standard InChI is InChI=1S/C20H19N5O2S2/c1-12-7-8-14(9-13(12)2)21-19-23-24-20(29-19)28-11-18(27)25-10-17(26)22-15-5-3-4-6-16(15)25/h3-9H,10-11H2,1-2H3,(H,21,23)(H,22,26). The van der Waals surface area contributed by atoms with E-state index in [1.54, 1.807) is 6.07 Å². The van der Waals surface area contributed by atoms with Gasteiger partial charge in [0.05, 0.1) is 17.1 Å². The molecule has 1 aliphatic rings. The third-order valence-corrected chi connectivity index (χ3v) is 6.51. The van der Waals surface area contributed by atoms with Crippen LogP contribution in [0.1, 0.15) is 11.1 Å². The maximum atomic E-state index is 12.7. The van der Waals surface area contributed by atoms with Crippen molar-refractivity contribution in [3.8, 4) is 0 Å². The molecule has 0 aliphatic carbocycles. The lowest BCUT2D eigenvalue weighted by Crippen LogP contribution is -2.43. The van der Waals surface area contributed by atoms with E-state index in [9.17, 15) is 9.59 Å². The summed E-state index contributed by atoms with van der Waals surface area (Å²) in [6.45, 7) is 4.15. The zero-order chi connectivity index (χ0) is 20.4. The molecular formula is C20H19N5O2S2. The highest BCUT2D eigenvalue weighted by Gasteiger charge is 2.26. The predicted molar refractivity (Wildman–Crippen MR) is 117 cm³/mol. The average molecular weight is 426 g/mol. The maximum Gasteiger partial charge on any atom is 0.244 e. The first-order valence-corrected chi connectivity index (χ1v) is 10.8. The lowest BCUT2D eigenvalue weighted by Gasteiger charge is -2.28. The van der Waals surface area contributed by atoms with Crippen LogP contribution in [0.4, 0.5) is 22.2 Å². The molecule has 148 valence electrons. The zero-order valence-corrected chi connectivity index (χ0v) is 17.6. The van der Waals surface area contributed by atoms with Gasteiger partial charge < -0.3 is 15.5 Å². The van der Waals surface area contributed by atoms with Crippen LogP contribution in [-0.2, 0) is 9.59 Å². The SMILES string of the molecule is Cc1ccc(Nc2nnc(SCC(=O)N3CC(=O)Nc4ccccc43)s2)cc1C. The van der Waals surface area contributed by atoms with Crippen molar-refractivity contribution in [2.24, 2.45) is 0 Å². The molecule has 1 aromatic heterocycles. The second-order valence-corrected chi connectivity index (χ2v) is 8.83. The topological polar surface area (TPSA) is 87.2 Å². The Bertz CT molecular complexity index is 1080. The fourth-order valence-electron chi connectivity index (χ4n) is 2.92. The summed E-state index contributed by atoms with van der Waals surface area (Å²) < 4.78 is 0.694. The first-order chi connectivity index (χ1) is 14.0. The van der Waals surface area contributed by atoms with E-state index in [0.29, 0.717) is 20.8 Å². The molecule has 1 aliphatic heterocycles. The number of nitrogens with one attached hydrogen (secondary N) is 2. The van der Waals surface area contributed by atoms with E-state index < -0.39 is 0 Å². The number of thioether (sulfide) groups is 1. The number of hydrogen-bond acceptors (Lipinski definition) is 7. The number of benzene rings is 2. The summed E-state index contributed by atoms with van der Waals surface area (Å²) >= 11 is 2.71. The lowest BCUT2D eigenvalue weighted by molar-refractivity contribution is -0.120. The van der Waals surface area contributed by atoms with Crippen molar-refractivity contribution >= 4 is 57.1 Å². The molecule has 0 saturated heterocycles. The molecule has 0 atom stereocenters. The number of fused-ring (bicyclic) bond motifs is 1. The van der Waals surface area contributed by atoms with Gasteiger partial charge in [-0.1, -0.05) is 41.3 Å². The normalized spacial score (nSPS) is 13.0. The number of carbonyl (C=O) groups is 2. The van der Waals surface area contributed by atoms with Gasteiger partial charge in [0, 0.05) is 5.69 Å². The lowest BCUT2D eigenvalue weighted by atomic mass is 10.1. The Kier molecular flexibility index (Phi) is 5.50. The molecule has 2 aromatic carbocycles. The maximum absolute atomic E-state index is 12.7. The molecule has 0 fully saturated rings. The minimum Gasteiger partial charge on any atom is -0.330 e. The van der Waals surface area contributed by atoms with Gasteiger partial charge in [-0.05, 0) is 49.2 Å². The highest BCUT2D eigenvalue weighted by Crippen LogP contribution is 2.31. The number of aryl methyl sites for hydroxylation is 2. The summed E-state index contributed by atoms with van der Waals surface area (Å²) in [7, 11) is 0. The second kappa shape index (κ2) is 8.22. The number of hydrogen-bond donors (Lipinski definition) is 2. The van der Waals surface area contributed by atoms with E-state index in [0.717, 1.165) is 5.69 Å². The van der Waals surface area contributed by atoms with Crippen LogP contribution in [0.3, 0.4) is 0 Å². The van der Waals surface area contributed by atoms with Gasteiger partial charge in [0.15, 0.2) is 4.34 Å². The minimum absolute atomic E-state index is 0.0199. The highest BCUT2D eigenvalue weighted by atomic mass is 32.2. The van der Waals surface area contributed by atoms with Crippen molar-refractivity contribution < 1.29 is 9.59 Å². The van der Waals surface area contributed by atoms with Crippen molar-refractivity contribution in [1.29, 1.82) is 0 Å². The molecule has 2 amide bonds. The second-order valence-electron chi connectivity index (χ2n) is 6.63. The molecule has 7 nitrogen and oxygen atoms in total. The molecule has 0 unspecified atom stereocenters. The fraction of sp³-hybridized carbons (Fsp3) is 0.200.